The number of amides is 1. The van der Waals surface area contributed by atoms with Crippen molar-refractivity contribution in [3.05, 3.63) is 97.2 Å². The smallest absolute Gasteiger partial charge is 0.387 e. The third kappa shape index (κ3) is 66.8. The summed E-state index contributed by atoms with van der Waals surface area (Å²) in [6.07, 6.45) is 92.8. The molecule has 0 aliphatic rings. The highest BCUT2D eigenvalue weighted by Gasteiger charge is 2.28. The Morgan fingerprint density at radius 3 is 1.11 bits per heavy atom. The number of hydrogen-bond acceptors (Lipinski definition) is 5. The molecule has 8 nitrogen and oxygen atoms in total. The molecular formula is C74H136N2O6P+. The summed E-state index contributed by atoms with van der Waals surface area (Å²) >= 11 is 0. The van der Waals surface area contributed by atoms with Crippen molar-refractivity contribution in [1.82, 2.24) is 5.32 Å². The van der Waals surface area contributed by atoms with Crippen LogP contribution >= 0.6 is 7.82 Å². The van der Waals surface area contributed by atoms with Gasteiger partial charge in [-0.05, 0) is 89.9 Å². The van der Waals surface area contributed by atoms with Crippen molar-refractivity contribution in [3.8, 4) is 0 Å². The minimum atomic E-state index is -4.37. The van der Waals surface area contributed by atoms with Gasteiger partial charge in [-0.3, -0.25) is 13.8 Å². The summed E-state index contributed by atoms with van der Waals surface area (Å²) in [5, 5.41) is 14.0. The van der Waals surface area contributed by atoms with E-state index in [4.69, 9.17) is 9.05 Å². The summed E-state index contributed by atoms with van der Waals surface area (Å²) in [7, 11) is 1.55. The molecule has 0 saturated heterocycles. The topological polar surface area (TPSA) is 105 Å². The second-order valence-electron chi connectivity index (χ2n) is 24.9. The molecule has 0 fully saturated rings. The number of likely N-dealkylation sites (N-methyl/N-ethyl adjacent to an activating group) is 1. The first-order valence-electron chi connectivity index (χ1n) is 35.1. The van der Waals surface area contributed by atoms with E-state index in [1.807, 2.05) is 27.2 Å². The van der Waals surface area contributed by atoms with E-state index in [2.05, 4.69) is 104 Å². The lowest BCUT2D eigenvalue weighted by atomic mass is 10.0. The van der Waals surface area contributed by atoms with Crippen LogP contribution in [0.5, 0.6) is 0 Å². The summed E-state index contributed by atoms with van der Waals surface area (Å²) in [6, 6.07) is -0.877. The molecular weight excluding hydrogens is 1040 g/mol. The number of hydrogen-bond donors (Lipinski definition) is 3. The average Bonchev–Trinajstić information content (AvgIpc) is 3.49. The monoisotopic (exact) mass is 1180 g/mol. The van der Waals surface area contributed by atoms with Gasteiger partial charge >= 0.3 is 7.82 Å². The highest BCUT2D eigenvalue weighted by Crippen LogP contribution is 2.43. The maximum Gasteiger partial charge on any atom is 0.472 e. The molecule has 0 aliphatic heterocycles. The van der Waals surface area contributed by atoms with Crippen molar-refractivity contribution >= 4 is 13.7 Å². The van der Waals surface area contributed by atoms with Crippen LogP contribution in [0.4, 0.5) is 0 Å². The maximum absolute atomic E-state index is 13.0. The highest BCUT2D eigenvalue weighted by molar-refractivity contribution is 7.47. The number of carbonyl (C=O) groups excluding carboxylic acids is 1. The molecule has 0 aromatic heterocycles. The van der Waals surface area contributed by atoms with Gasteiger partial charge in [-0.1, -0.05) is 317 Å². The van der Waals surface area contributed by atoms with Crippen molar-refractivity contribution in [2.24, 2.45) is 0 Å². The van der Waals surface area contributed by atoms with Gasteiger partial charge in [0.25, 0.3) is 0 Å². The summed E-state index contributed by atoms with van der Waals surface area (Å²) in [4.78, 5) is 23.4. The van der Waals surface area contributed by atoms with Crippen LogP contribution in [0.1, 0.15) is 316 Å². The number of aliphatic hydroxyl groups excluding tert-OH is 1. The van der Waals surface area contributed by atoms with E-state index in [1.54, 1.807) is 6.08 Å². The van der Waals surface area contributed by atoms with Crippen molar-refractivity contribution in [3.63, 3.8) is 0 Å². The quantitative estimate of drug-likeness (QED) is 0.0243. The Morgan fingerprint density at radius 2 is 0.735 bits per heavy atom. The normalized spacial score (nSPS) is 14.3. The van der Waals surface area contributed by atoms with Gasteiger partial charge in [0.2, 0.25) is 5.91 Å². The lowest BCUT2D eigenvalue weighted by Gasteiger charge is -2.25. The van der Waals surface area contributed by atoms with Crippen LogP contribution in [0, 0.1) is 0 Å². The molecule has 0 radical (unpaired) electrons. The highest BCUT2D eigenvalue weighted by atomic mass is 31.2. The van der Waals surface area contributed by atoms with E-state index in [9.17, 15) is 19.4 Å². The fourth-order valence-corrected chi connectivity index (χ4v) is 10.8. The number of nitrogens with one attached hydrogen (secondary N) is 1. The molecule has 0 spiro atoms. The maximum atomic E-state index is 13.0. The SMILES string of the molecule is CC/C=C\C/C=C\C/C=C\C/C=C\C/C=C\CCCCCCCCCCCCCCCCCC(=O)NC(COP(=O)(O)OCC[N+](C)(C)C)C(O)/C=C/CC/C=C/CC/C=C/CCCCCCCCCCCCCCCCCCCCCC. The Kier molecular flexibility index (Phi) is 61.9. The fourth-order valence-electron chi connectivity index (χ4n) is 10.1. The number of quaternary nitrogens is 1. The van der Waals surface area contributed by atoms with E-state index in [-0.39, 0.29) is 19.1 Å². The van der Waals surface area contributed by atoms with Crippen molar-refractivity contribution in [2.45, 2.75) is 328 Å². The molecule has 3 atom stereocenters. The lowest BCUT2D eigenvalue weighted by Crippen LogP contribution is -2.45. The fraction of sp³-hybridized carbons (Fsp3) is 0.770. The molecule has 0 aromatic rings. The molecule has 0 aromatic carbocycles. The Labute approximate surface area is 515 Å². The summed E-state index contributed by atoms with van der Waals surface area (Å²) in [5.74, 6) is -0.191. The molecule has 0 heterocycles. The van der Waals surface area contributed by atoms with Gasteiger partial charge in [-0.15, -0.1) is 0 Å². The zero-order valence-electron chi connectivity index (χ0n) is 55.2. The van der Waals surface area contributed by atoms with Crippen molar-refractivity contribution < 1.29 is 32.9 Å². The van der Waals surface area contributed by atoms with Crippen LogP contribution in [0.3, 0.4) is 0 Å². The first kappa shape index (κ1) is 80.4. The van der Waals surface area contributed by atoms with E-state index in [0.717, 1.165) is 77.0 Å². The van der Waals surface area contributed by atoms with Crippen LogP contribution in [0.15, 0.2) is 97.2 Å². The van der Waals surface area contributed by atoms with Crippen molar-refractivity contribution in [2.75, 3.05) is 40.9 Å². The number of rotatable bonds is 64. The van der Waals surface area contributed by atoms with Crippen LogP contribution in [-0.2, 0) is 18.4 Å². The van der Waals surface area contributed by atoms with E-state index in [1.165, 1.54) is 218 Å². The summed E-state index contributed by atoms with van der Waals surface area (Å²) < 4.78 is 23.8. The van der Waals surface area contributed by atoms with Gasteiger partial charge < -0.3 is 19.8 Å². The Hall–Kier alpha value is -2.58. The number of carbonyl (C=O) groups is 1. The molecule has 0 saturated carbocycles. The van der Waals surface area contributed by atoms with Crippen molar-refractivity contribution in [1.29, 1.82) is 0 Å². The third-order valence-corrected chi connectivity index (χ3v) is 16.5. The molecule has 482 valence electrons. The van der Waals surface area contributed by atoms with E-state index in [0.29, 0.717) is 17.4 Å². The Morgan fingerprint density at radius 1 is 0.422 bits per heavy atom. The van der Waals surface area contributed by atoms with Gasteiger partial charge in [0, 0.05) is 6.42 Å². The average molecular weight is 1180 g/mol. The number of phosphoric ester groups is 1. The van der Waals surface area contributed by atoms with Crippen LogP contribution < -0.4 is 5.32 Å². The molecule has 0 rings (SSSR count). The second-order valence-corrected chi connectivity index (χ2v) is 26.3. The largest absolute Gasteiger partial charge is 0.472 e. The van der Waals surface area contributed by atoms with Crippen LogP contribution in [0.2, 0.25) is 0 Å². The number of aliphatic hydroxyl groups is 1. The number of phosphoric acid groups is 1. The van der Waals surface area contributed by atoms with Gasteiger partial charge in [0.05, 0.1) is 39.9 Å². The predicted molar refractivity (Wildman–Crippen MR) is 364 cm³/mol. The summed E-state index contributed by atoms with van der Waals surface area (Å²) in [5.41, 5.74) is 0. The molecule has 83 heavy (non-hydrogen) atoms. The first-order valence-corrected chi connectivity index (χ1v) is 36.6. The number of nitrogens with zero attached hydrogens (tertiary/aromatic N) is 1. The second kappa shape index (κ2) is 63.9. The zero-order valence-corrected chi connectivity index (χ0v) is 56.1. The Balaban J connectivity index is 4.14. The Bertz CT molecular complexity index is 1670. The molecule has 0 aliphatic carbocycles. The lowest BCUT2D eigenvalue weighted by molar-refractivity contribution is -0.870. The van der Waals surface area contributed by atoms with Gasteiger partial charge in [-0.25, -0.2) is 4.57 Å². The molecule has 3 N–H and O–H groups in total. The minimum absolute atomic E-state index is 0.0505. The zero-order chi connectivity index (χ0) is 60.5. The standard InChI is InChI=1S/C74H135N2O6P/c1-6-8-10-12-14-16-18-20-22-24-26-28-30-32-34-36-38-40-42-44-46-48-50-52-54-56-58-60-62-64-66-68-74(78)75-72(71-82-83(79,80)81-70-69-76(3,4)5)73(77)67-65-63-61-59-57-55-53-51-49-47-45-43-41-39-37-35-33-31-29-27-25-23-21-19-17-15-13-11-9-7-2/h8,10,14,16,20,22,26,28,32,34,49,51,57,59,65,67,72-73,77H,6-7,9,11-13,15,17-19,21,23-25,27,29-31,33,35-48,50,52-56,58,60-64,66,68-71H2,1-5H3,(H-,75,78,79,80)/p+1/b10-8-,16-14-,22-20-,28-26-,34-32-,51-49+,59-57+,67-65+. The molecule has 9 heteroatoms. The number of unbranched alkanes of at least 4 members (excludes halogenated alkanes) is 37. The number of allylic oxidation sites excluding steroid dienone is 15. The molecule has 3 unspecified atom stereocenters. The van der Waals surface area contributed by atoms with Gasteiger partial charge in [0.1, 0.15) is 13.2 Å². The summed E-state index contributed by atoms with van der Waals surface area (Å²) in [6.45, 7) is 4.70. The van der Waals surface area contributed by atoms with Crippen LogP contribution in [-0.4, -0.2) is 73.4 Å². The molecule has 0 bridgehead atoms. The predicted octanol–water partition coefficient (Wildman–Crippen LogP) is 22.5. The van der Waals surface area contributed by atoms with Gasteiger partial charge in [0.15, 0.2) is 0 Å². The third-order valence-electron chi connectivity index (χ3n) is 15.5. The van der Waals surface area contributed by atoms with E-state index >= 15 is 0 Å². The molecule has 1 amide bonds. The van der Waals surface area contributed by atoms with Gasteiger partial charge in [-0.2, -0.15) is 0 Å². The van der Waals surface area contributed by atoms with E-state index < -0.39 is 20.0 Å². The minimum Gasteiger partial charge on any atom is -0.387 e. The van der Waals surface area contributed by atoms with Crippen LogP contribution in [0.25, 0.3) is 0 Å². The first-order chi connectivity index (χ1) is 40.5.